The van der Waals surface area contributed by atoms with Gasteiger partial charge in [-0.2, -0.15) is 5.21 Å². The molecule has 0 saturated carbocycles. The van der Waals surface area contributed by atoms with E-state index in [-0.39, 0.29) is 18.2 Å². The molecule has 0 bridgehead atoms. The predicted octanol–water partition coefficient (Wildman–Crippen LogP) is 0.458. The minimum Gasteiger partial charge on any atom is -0.451 e. The Morgan fingerprint density at radius 1 is 1.42 bits per heavy atom. The first kappa shape index (κ1) is 11.2. The van der Waals surface area contributed by atoms with Crippen LogP contribution in [0.1, 0.15) is 16.4 Å². The van der Waals surface area contributed by atoms with Crippen molar-refractivity contribution in [2.45, 2.75) is 6.54 Å². The number of nitrogens with two attached hydrogens (primary N) is 1. The molecule has 3 aromatic rings. The Labute approximate surface area is 107 Å². The van der Waals surface area contributed by atoms with E-state index in [9.17, 15) is 4.79 Å². The van der Waals surface area contributed by atoms with Gasteiger partial charge in [0.05, 0.1) is 6.54 Å². The number of nitrogens with zero attached hydrogens (tertiary/aromatic N) is 3. The molecule has 1 amide bonds. The molecular formula is C11H10N6O2. The maximum Gasteiger partial charge on any atom is 0.287 e. The minimum absolute atomic E-state index is 0.175. The van der Waals surface area contributed by atoms with Crippen molar-refractivity contribution >= 4 is 22.6 Å². The van der Waals surface area contributed by atoms with Crippen LogP contribution < -0.4 is 11.1 Å². The molecule has 0 aliphatic carbocycles. The SMILES string of the molecule is Nc1ccc2oc(C(=O)NCc3nn[nH]n3)cc2c1. The number of tetrazole rings is 1. The highest BCUT2D eigenvalue weighted by molar-refractivity contribution is 5.96. The number of furan rings is 1. The van der Waals surface area contributed by atoms with Crippen molar-refractivity contribution in [1.29, 1.82) is 0 Å². The van der Waals surface area contributed by atoms with Crippen LogP contribution in [0.25, 0.3) is 11.0 Å². The molecule has 0 aliphatic rings. The topological polar surface area (TPSA) is 123 Å². The van der Waals surface area contributed by atoms with Gasteiger partial charge in [-0.05, 0) is 24.3 Å². The maximum atomic E-state index is 11.9. The highest BCUT2D eigenvalue weighted by Crippen LogP contribution is 2.21. The summed E-state index contributed by atoms with van der Waals surface area (Å²) in [5.74, 6) is 0.261. The van der Waals surface area contributed by atoms with Gasteiger partial charge in [0.1, 0.15) is 5.58 Å². The second kappa shape index (κ2) is 4.41. The molecule has 1 aromatic carbocycles. The lowest BCUT2D eigenvalue weighted by Crippen LogP contribution is -2.22. The molecule has 8 heteroatoms. The standard InChI is InChI=1S/C11H10N6O2/c12-7-1-2-8-6(3-7)4-9(19-8)11(18)13-5-10-14-16-17-15-10/h1-4H,5,12H2,(H,13,18)(H,14,15,16,17). The molecule has 19 heavy (non-hydrogen) atoms. The molecule has 0 saturated heterocycles. The average Bonchev–Trinajstić information content (AvgIpc) is 3.04. The Morgan fingerprint density at radius 3 is 3.11 bits per heavy atom. The molecule has 0 aliphatic heterocycles. The molecule has 96 valence electrons. The molecule has 0 fully saturated rings. The van der Waals surface area contributed by atoms with Gasteiger partial charge in [0, 0.05) is 11.1 Å². The van der Waals surface area contributed by atoms with Crippen LogP contribution >= 0.6 is 0 Å². The zero-order chi connectivity index (χ0) is 13.2. The van der Waals surface area contributed by atoms with Crippen LogP contribution in [-0.4, -0.2) is 26.5 Å². The maximum absolute atomic E-state index is 11.9. The number of H-pyrrole nitrogens is 1. The monoisotopic (exact) mass is 258 g/mol. The molecule has 0 radical (unpaired) electrons. The van der Waals surface area contributed by atoms with Crippen molar-refractivity contribution < 1.29 is 9.21 Å². The van der Waals surface area contributed by atoms with Crippen LogP contribution in [0.4, 0.5) is 5.69 Å². The minimum atomic E-state index is -0.348. The Balaban J connectivity index is 1.77. The summed E-state index contributed by atoms with van der Waals surface area (Å²) in [7, 11) is 0. The summed E-state index contributed by atoms with van der Waals surface area (Å²) in [5.41, 5.74) is 6.89. The summed E-state index contributed by atoms with van der Waals surface area (Å²) in [6.07, 6.45) is 0. The molecule has 3 rings (SSSR count). The number of nitrogen functional groups attached to an aromatic ring is 1. The third-order valence-corrected chi connectivity index (χ3v) is 2.56. The Bertz CT molecular complexity index is 718. The number of hydrogen-bond donors (Lipinski definition) is 3. The van der Waals surface area contributed by atoms with Crippen LogP contribution in [0.2, 0.25) is 0 Å². The van der Waals surface area contributed by atoms with Gasteiger partial charge in [0.25, 0.3) is 5.91 Å². The fourth-order valence-electron chi connectivity index (χ4n) is 1.68. The molecule has 4 N–H and O–H groups in total. The van der Waals surface area contributed by atoms with Crippen molar-refractivity contribution in [2.75, 3.05) is 5.73 Å². The Kier molecular flexibility index (Phi) is 2.60. The number of nitrogens with one attached hydrogen (secondary N) is 2. The number of fused-ring (bicyclic) bond motifs is 1. The van der Waals surface area contributed by atoms with Crippen molar-refractivity contribution in [2.24, 2.45) is 0 Å². The molecule has 0 unspecified atom stereocenters. The van der Waals surface area contributed by atoms with Crippen molar-refractivity contribution in [1.82, 2.24) is 25.9 Å². The first-order valence-corrected chi connectivity index (χ1v) is 5.52. The molecule has 0 spiro atoms. The number of aromatic nitrogens is 4. The summed E-state index contributed by atoms with van der Waals surface area (Å²) in [5, 5.41) is 16.6. The second-order valence-electron chi connectivity index (χ2n) is 3.92. The summed E-state index contributed by atoms with van der Waals surface area (Å²) in [4.78, 5) is 11.9. The number of benzene rings is 1. The van der Waals surface area contributed by atoms with E-state index in [1.807, 2.05) is 0 Å². The third-order valence-electron chi connectivity index (χ3n) is 2.56. The van der Waals surface area contributed by atoms with E-state index in [0.717, 1.165) is 5.39 Å². The van der Waals surface area contributed by atoms with Gasteiger partial charge in [-0.3, -0.25) is 4.79 Å². The number of rotatable bonds is 3. The first-order chi connectivity index (χ1) is 9.22. The zero-order valence-electron chi connectivity index (χ0n) is 9.75. The van der Waals surface area contributed by atoms with Gasteiger partial charge in [0.15, 0.2) is 11.6 Å². The van der Waals surface area contributed by atoms with Crippen LogP contribution in [0.3, 0.4) is 0 Å². The summed E-state index contributed by atoms with van der Waals surface area (Å²) < 4.78 is 5.42. The lowest BCUT2D eigenvalue weighted by molar-refractivity contribution is 0.0924. The number of amides is 1. The van der Waals surface area contributed by atoms with Crippen molar-refractivity contribution in [3.05, 3.63) is 35.9 Å². The molecule has 2 heterocycles. The number of carbonyl (C=O) groups is 1. The van der Waals surface area contributed by atoms with Gasteiger partial charge in [-0.25, -0.2) is 0 Å². The van der Waals surface area contributed by atoms with Crippen molar-refractivity contribution in [3.8, 4) is 0 Å². The van der Waals surface area contributed by atoms with Gasteiger partial charge in [0.2, 0.25) is 0 Å². The summed E-state index contributed by atoms with van der Waals surface area (Å²) in [6.45, 7) is 0.175. The molecule has 8 nitrogen and oxygen atoms in total. The quantitative estimate of drug-likeness (QED) is 0.586. The molecule has 2 aromatic heterocycles. The fraction of sp³-hybridized carbons (Fsp3) is 0.0909. The first-order valence-electron chi connectivity index (χ1n) is 5.52. The van der Waals surface area contributed by atoms with Crippen LogP contribution in [-0.2, 0) is 6.54 Å². The van der Waals surface area contributed by atoms with E-state index >= 15 is 0 Å². The Hall–Kier alpha value is -2.90. The van der Waals surface area contributed by atoms with Gasteiger partial charge < -0.3 is 15.5 Å². The van der Waals surface area contributed by atoms with Gasteiger partial charge in [-0.1, -0.05) is 5.21 Å². The summed E-state index contributed by atoms with van der Waals surface area (Å²) >= 11 is 0. The van der Waals surface area contributed by atoms with Crippen LogP contribution in [0.15, 0.2) is 28.7 Å². The fourth-order valence-corrected chi connectivity index (χ4v) is 1.68. The number of anilines is 1. The average molecular weight is 258 g/mol. The van der Waals surface area contributed by atoms with Crippen LogP contribution in [0, 0.1) is 0 Å². The number of aromatic amines is 1. The van der Waals surface area contributed by atoms with E-state index in [0.29, 0.717) is 17.1 Å². The van der Waals surface area contributed by atoms with E-state index in [1.165, 1.54) is 0 Å². The molecular weight excluding hydrogens is 248 g/mol. The third kappa shape index (κ3) is 2.23. The summed E-state index contributed by atoms with van der Waals surface area (Å²) in [6, 6.07) is 6.82. The zero-order valence-corrected chi connectivity index (χ0v) is 9.75. The Morgan fingerprint density at radius 2 is 2.32 bits per heavy atom. The highest BCUT2D eigenvalue weighted by Gasteiger charge is 2.12. The number of carbonyl (C=O) groups excluding carboxylic acids is 1. The smallest absolute Gasteiger partial charge is 0.287 e. The van der Waals surface area contributed by atoms with Gasteiger partial charge in [-0.15, -0.1) is 10.2 Å². The molecule has 0 atom stereocenters. The van der Waals surface area contributed by atoms with E-state index < -0.39 is 0 Å². The normalized spacial score (nSPS) is 10.7. The largest absolute Gasteiger partial charge is 0.451 e. The lowest BCUT2D eigenvalue weighted by atomic mass is 10.2. The van der Waals surface area contributed by atoms with E-state index in [2.05, 4.69) is 25.9 Å². The van der Waals surface area contributed by atoms with Gasteiger partial charge >= 0.3 is 0 Å². The van der Waals surface area contributed by atoms with E-state index in [1.54, 1.807) is 24.3 Å². The van der Waals surface area contributed by atoms with Crippen molar-refractivity contribution in [3.63, 3.8) is 0 Å². The highest BCUT2D eigenvalue weighted by atomic mass is 16.3. The predicted molar refractivity (Wildman–Crippen MR) is 66.0 cm³/mol. The lowest BCUT2D eigenvalue weighted by Gasteiger charge is -1.97. The van der Waals surface area contributed by atoms with E-state index in [4.69, 9.17) is 10.2 Å². The second-order valence-corrected chi connectivity index (χ2v) is 3.92. The number of hydrogen-bond acceptors (Lipinski definition) is 6. The van der Waals surface area contributed by atoms with Crippen LogP contribution in [0.5, 0.6) is 0 Å².